The second-order valence-electron chi connectivity index (χ2n) is 5.88. The van der Waals surface area contributed by atoms with E-state index in [1.54, 1.807) is 43.5 Å². The van der Waals surface area contributed by atoms with Gasteiger partial charge in [0, 0.05) is 0 Å². The molecule has 3 heteroatoms. The van der Waals surface area contributed by atoms with Crippen LogP contribution in [0.1, 0.15) is 51.0 Å². The molecule has 0 heterocycles. The van der Waals surface area contributed by atoms with Gasteiger partial charge in [0.25, 0.3) is 0 Å². The van der Waals surface area contributed by atoms with Crippen molar-refractivity contribution in [3.63, 3.8) is 0 Å². The van der Waals surface area contributed by atoms with Crippen LogP contribution in [0.2, 0.25) is 0 Å². The summed E-state index contributed by atoms with van der Waals surface area (Å²) in [5, 5.41) is 17.9. The van der Waals surface area contributed by atoms with Crippen molar-refractivity contribution in [2.24, 2.45) is 0 Å². The van der Waals surface area contributed by atoms with Gasteiger partial charge in [-0.2, -0.15) is 0 Å². The quantitative estimate of drug-likeness (QED) is 0.611. The highest BCUT2D eigenvalue weighted by atomic mass is 16.5. The molecule has 0 bridgehead atoms. The Balaban J connectivity index is 0.000000272. The molecule has 0 saturated heterocycles. The summed E-state index contributed by atoms with van der Waals surface area (Å²) < 4.78 is 4.86. The van der Waals surface area contributed by atoms with Gasteiger partial charge in [0.2, 0.25) is 0 Å². The number of unbranched alkanes of at least 4 members (excludes halogenated alkanes) is 5. The fraction of sp³-hybridized carbons (Fsp3) is 0.429. The molecule has 132 valence electrons. The number of hydrogen-bond acceptors (Lipinski definition) is 3. The summed E-state index contributed by atoms with van der Waals surface area (Å²) in [4.78, 5) is 0. The van der Waals surface area contributed by atoms with Crippen molar-refractivity contribution in [3.05, 3.63) is 54.1 Å². The molecule has 0 unspecified atom stereocenters. The highest BCUT2D eigenvalue weighted by Gasteiger charge is 1.94. The Kier molecular flexibility index (Phi) is 10.2. The van der Waals surface area contributed by atoms with E-state index in [0.717, 1.165) is 12.2 Å². The molecule has 3 nitrogen and oxygen atoms in total. The number of aryl methyl sites for hydroxylation is 1. The highest BCUT2D eigenvalue weighted by Crippen LogP contribution is 2.15. The zero-order chi connectivity index (χ0) is 17.6. The monoisotopic (exact) mass is 330 g/mol. The third-order valence-corrected chi connectivity index (χ3v) is 3.83. The second-order valence-corrected chi connectivity index (χ2v) is 5.88. The van der Waals surface area contributed by atoms with E-state index in [1.807, 2.05) is 12.1 Å². The summed E-state index contributed by atoms with van der Waals surface area (Å²) >= 11 is 0. The van der Waals surface area contributed by atoms with Gasteiger partial charge in [-0.1, -0.05) is 51.2 Å². The SMILES string of the molecule is CCCCCCCCc1ccc(O)cc1.COc1ccc(O)cc1. The van der Waals surface area contributed by atoms with Crippen LogP contribution in [0.3, 0.4) is 0 Å². The average molecular weight is 330 g/mol. The van der Waals surface area contributed by atoms with E-state index < -0.39 is 0 Å². The average Bonchev–Trinajstić information content (AvgIpc) is 2.61. The molecule has 0 spiro atoms. The van der Waals surface area contributed by atoms with Crippen LogP contribution in [0.15, 0.2) is 48.5 Å². The van der Waals surface area contributed by atoms with E-state index in [2.05, 4.69) is 6.92 Å². The first-order valence-corrected chi connectivity index (χ1v) is 8.76. The van der Waals surface area contributed by atoms with Crippen LogP contribution in [-0.4, -0.2) is 17.3 Å². The Morgan fingerprint density at radius 3 is 1.75 bits per heavy atom. The lowest BCUT2D eigenvalue weighted by Crippen LogP contribution is -1.85. The zero-order valence-electron chi connectivity index (χ0n) is 14.9. The number of benzene rings is 2. The van der Waals surface area contributed by atoms with Crippen LogP contribution in [0.5, 0.6) is 17.2 Å². The third-order valence-electron chi connectivity index (χ3n) is 3.83. The lowest BCUT2D eigenvalue weighted by molar-refractivity contribution is 0.412. The first-order valence-electron chi connectivity index (χ1n) is 8.76. The topological polar surface area (TPSA) is 49.7 Å². The Morgan fingerprint density at radius 1 is 0.708 bits per heavy atom. The fourth-order valence-corrected chi connectivity index (χ4v) is 2.35. The maximum absolute atomic E-state index is 9.13. The molecular weight excluding hydrogens is 300 g/mol. The molecule has 0 fully saturated rings. The zero-order valence-corrected chi connectivity index (χ0v) is 14.9. The minimum atomic E-state index is 0.260. The molecule has 0 radical (unpaired) electrons. The van der Waals surface area contributed by atoms with Crippen molar-refractivity contribution >= 4 is 0 Å². The maximum Gasteiger partial charge on any atom is 0.119 e. The van der Waals surface area contributed by atoms with Crippen LogP contribution in [0.25, 0.3) is 0 Å². The Morgan fingerprint density at radius 2 is 1.21 bits per heavy atom. The molecule has 2 aromatic rings. The van der Waals surface area contributed by atoms with Gasteiger partial charge in [0.15, 0.2) is 0 Å². The molecule has 2 N–H and O–H groups in total. The number of ether oxygens (including phenoxy) is 1. The van der Waals surface area contributed by atoms with E-state index in [9.17, 15) is 0 Å². The van der Waals surface area contributed by atoms with Gasteiger partial charge in [-0.15, -0.1) is 0 Å². The molecule has 0 aliphatic rings. The van der Waals surface area contributed by atoms with Gasteiger partial charge in [-0.05, 0) is 54.8 Å². The van der Waals surface area contributed by atoms with Gasteiger partial charge in [0.05, 0.1) is 7.11 Å². The van der Waals surface area contributed by atoms with E-state index in [-0.39, 0.29) is 5.75 Å². The van der Waals surface area contributed by atoms with E-state index in [1.165, 1.54) is 44.1 Å². The Hall–Kier alpha value is -2.16. The highest BCUT2D eigenvalue weighted by molar-refractivity contribution is 5.29. The molecule has 0 aromatic heterocycles. The summed E-state index contributed by atoms with van der Waals surface area (Å²) in [5.41, 5.74) is 1.34. The minimum Gasteiger partial charge on any atom is -0.508 e. The van der Waals surface area contributed by atoms with Crippen LogP contribution in [0.4, 0.5) is 0 Å². The van der Waals surface area contributed by atoms with Crippen molar-refractivity contribution < 1.29 is 14.9 Å². The summed E-state index contributed by atoms with van der Waals surface area (Å²) in [6, 6.07) is 14.1. The van der Waals surface area contributed by atoms with Crippen molar-refractivity contribution in [3.8, 4) is 17.2 Å². The summed E-state index contributed by atoms with van der Waals surface area (Å²) in [6.45, 7) is 2.25. The van der Waals surface area contributed by atoms with E-state index in [4.69, 9.17) is 14.9 Å². The minimum absolute atomic E-state index is 0.260. The first-order chi connectivity index (χ1) is 11.7. The van der Waals surface area contributed by atoms with Crippen molar-refractivity contribution in [2.45, 2.75) is 51.9 Å². The standard InChI is InChI=1S/C14H22O.C7H8O2/c1-2-3-4-5-6-7-8-13-9-11-14(15)12-10-13;1-9-7-4-2-6(8)3-5-7/h9-12,15H,2-8H2,1H3;2-5,8H,1H3. The molecule has 0 saturated carbocycles. The molecule has 2 rings (SSSR count). The lowest BCUT2D eigenvalue weighted by atomic mass is 10.1. The molecule has 0 aliphatic heterocycles. The van der Waals surface area contributed by atoms with Gasteiger partial charge in [-0.25, -0.2) is 0 Å². The number of phenols is 2. The van der Waals surface area contributed by atoms with E-state index in [0.29, 0.717) is 5.75 Å². The Bertz CT molecular complexity index is 532. The Labute approximate surface area is 145 Å². The summed E-state index contributed by atoms with van der Waals surface area (Å²) in [5.74, 6) is 1.38. The van der Waals surface area contributed by atoms with Crippen molar-refractivity contribution in [1.82, 2.24) is 0 Å². The van der Waals surface area contributed by atoms with Crippen LogP contribution < -0.4 is 4.74 Å². The lowest BCUT2D eigenvalue weighted by Gasteiger charge is -2.02. The van der Waals surface area contributed by atoms with Gasteiger partial charge in [-0.3, -0.25) is 0 Å². The molecular formula is C21H30O3. The summed E-state index contributed by atoms with van der Waals surface area (Å²) in [7, 11) is 1.59. The predicted octanol–water partition coefficient (Wildman–Crippen LogP) is 5.70. The number of hydrogen-bond donors (Lipinski definition) is 2. The van der Waals surface area contributed by atoms with Gasteiger partial charge < -0.3 is 14.9 Å². The number of methoxy groups -OCH3 is 1. The van der Waals surface area contributed by atoms with Crippen LogP contribution >= 0.6 is 0 Å². The smallest absolute Gasteiger partial charge is 0.119 e. The fourth-order valence-electron chi connectivity index (χ4n) is 2.35. The normalized spacial score (nSPS) is 9.92. The summed E-state index contributed by atoms with van der Waals surface area (Å²) in [6.07, 6.45) is 9.19. The first kappa shape index (κ1) is 19.9. The second kappa shape index (κ2) is 12.3. The third kappa shape index (κ3) is 9.09. The number of aromatic hydroxyl groups is 2. The van der Waals surface area contributed by atoms with Crippen molar-refractivity contribution in [2.75, 3.05) is 7.11 Å². The van der Waals surface area contributed by atoms with Crippen LogP contribution in [0, 0.1) is 0 Å². The van der Waals surface area contributed by atoms with Crippen molar-refractivity contribution in [1.29, 1.82) is 0 Å². The molecule has 2 aromatic carbocycles. The van der Waals surface area contributed by atoms with Crippen LogP contribution in [-0.2, 0) is 6.42 Å². The molecule has 24 heavy (non-hydrogen) atoms. The van der Waals surface area contributed by atoms with Gasteiger partial charge >= 0.3 is 0 Å². The number of phenolic OH excluding ortho intramolecular Hbond substituents is 2. The van der Waals surface area contributed by atoms with E-state index >= 15 is 0 Å². The van der Waals surface area contributed by atoms with Gasteiger partial charge in [0.1, 0.15) is 17.2 Å². The number of rotatable bonds is 8. The predicted molar refractivity (Wildman–Crippen MR) is 99.8 cm³/mol. The molecule has 0 atom stereocenters. The molecule has 0 aliphatic carbocycles. The maximum atomic E-state index is 9.13. The molecule has 0 amide bonds. The largest absolute Gasteiger partial charge is 0.508 e.